The van der Waals surface area contributed by atoms with Crippen molar-refractivity contribution in [2.75, 3.05) is 29.9 Å². The molecule has 1 fully saturated rings. The highest BCUT2D eigenvalue weighted by Gasteiger charge is 2.17. The lowest BCUT2D eigenvalue weighted by atomic mass is 10.2. The molecule has 0 atom stereocenters. The smallest absolute Gasteiger partial charge is 0.406 e. The molecule has 0 radical (unpaired) electrons. The van der Waals surface area contributed by atoms with Crippen molar-refractivity contribution in [1.29, 1.82) is 0 Å². The Balaban J connectivity index is 1.54. The number of rotatable bonds is 6. The molecule has 8 nitrogen and oxygen atoms in total. The van der Waals surface area contributed by atoms with Crippen molar-refractivity contribution >= 4 is 23.1 Å². The SMILES string of the molecule is O=C(COc1cccnc1[N+](=O)[O-])Nc1ccc(N2CCCCCC2)cc1. The van der Waals surface area contributed by atoms with E-state index < -0.39 is 16.6 Å². The van der Waals surface area contributed by atoms with E-state index in [9.17, 15) is 14.9 Å². The van der Waals surface area contributed by atoms with E-state index >= 15 is 0 Å². The predicted molar refractivity (Wildman–Crippen MR) is 102 cm³/mol. The Hall–Kier alpha value is -3.16. The molecule has 1 aliphatic rings. The molecule has 2 heterocycles. The van der Waals surface area contributed by atoms with Crippen molar-refractivity contribution in [3.63, 3.8) is 0 Å². The average Bonchev–Trinajstić information content (AvgIpc) is 2.97. The van der Waals surface area contributed by atoms with Gasteiger partial charge >= 0.3 is 5.82 Å². The molecular formula is C19H22N4O4. The Bertz CT molecular complexity index is 787. The molecule has 1 aromatic carbocycles. The first kappa shape index (κ1) is 18.6. The van der Waals surface area contributed by atoms with E-state index in [-0.39, 0.29) is 12.4 Å². The first-order valence-corrected chi connectivity index (χ1v) is 9.00. The quantitative estimate of drug-likeness (QED) is 0.618. The van der Waals surface area contributed by atoms with E-state index in [1.165, 1.54) is 44.0 Å². The highest BCUT2D eigenvalue weighted by molar-refractivity contribution is 5.92. The highest BCUT2D eigenvalue weighted by atomic mass is 16.6. The Morgan fingerprint density at radius 3 is 2.52 bits per heavy atom. The topological polar surface area (TPSA) is 97.6 Å². The summed E-state index contributed by atoms with van der Waals surface area (Å²) in [5, 5.41) is 13.6. The number of anilines is 2. The second-order valence-electron chi connectivity index (χ2n) is 6.37. The number of carbonyl (C=O) groups excluding carboxylic acids is 1. The van der Waals surface area contributed by atoms with Gasteiger partial charge in [-0.25, -0.2) is 0 Å². The third-order valence-electron chi connectivity index (χ3n) is 4.40. The minimum atomic E-state index is -0.644. The van der Waals surface area contributed by atoms with Gasteiger partial charge in [-0.3, -0.25) is 4.79 Å². The number of hydrogen-bond acceptors (Lipinski definition) is 6. The zero-order chi connectivity index (χ0) is 19.1. The van der Waals surface area contributed by atoms with Gasteiger partial charge in [0.2, 0.25) is 5.75 Å². The number of aromatic nitrogens is 1. The minimum Gasteiger partial charge on any atom is -0.476 e. The molecular weight excluding hydrogens is 348 g/mol. The lowest BCUT2D eigenvalue weighted by molar-refractivity contribution is -0.390. The van der Waals surface area contributed by atoms with Crippen LogP contribution in [0.5, 0.6) is 5.75 Å². The molecule has 1 saturated heterocycles. The maximum atomic E-state index is 12.1. The summed E-state index contributed by atoms with van der Waals surface area (Å²) in [6.45, 7) is 1.79. The number of benzene rings is 1. The van der Waals surface area contributed by atoms with Crippen molar-refractivity contribution in [2.24, 2.45) is 0 Å². The summed E-state index contributed by atoms with van der Waals surface area (Å²) >= 11 is 0. The summed E-state index contributed by atoms with van der Waals surface area (Å²) in [5.74, 6) is -0.836. The van der Waals surface area contributed by atoms with Crippen molar-refractivity contribution in [2.45, 2.75) is 25.7 Å². The Morgan fingerprint density at radius 1 is 1.15 bits per heavy atom. The maximum Gasteiger partial charge on any atom is 0.406 e. The second kappa shape index (κ2) is 8.98. The molecule has 0 bridgehead atoms. The first-order valence-electron chi connectivity index (χ1n) is 9.00. The number of nitro groups is 1. The average molecular weight is 370 g/mol. The highest BCUT2D eigenvalue weighted by Crippen LogP contribution is 2.23. The molecule has 3 rings (SSSR count). The van der Waals surface area contributed by atoms with Crippen LogP contribution in [0.4, 0.5) is 17.2 Å². The van der Waals surface area contributed by atoms with Gasteiger partial charge in [-0.15, -0.1) is 0 Å². The second-order valence-corrected chi connectivity index (χ2v) is 6.37. The van der Waals surface area contributed by atoms with E-state index in [1.807, 2.05) is 24.3 Å². The van der Waals surface area contributed by atoms with Crippen LogP contribution in [0.15, 0.2) is 42.6 Å². The van der Waals surface area contributed by atoms with E-state index in [4.69, 9.17) is 4.74 Å². The minimum absolute atomic E-state index is 0.0332. The van der Waals surface area contributed by atoms with Gasteiger partial charge in [-0.05, 0) is 59.1 Å². The van der Waals surface area contributed by atoms with Crippen LogP contribution in [0, 0.1) is 10.1 Å². The van der Waals surface area contributed by atoms with Gasteiger partial charge in [0.05, 0.1) is 0 Å². The third-order valence-corrected chi connectivity index (χ3v) is 4.40. The first-order chi connectivity index (χ1) is 13.1. The van der Waals surface area contributed by atoms with Crippen LogP contribution in [0.2, 0.25) is 0 Å². The molecule has 27 heavy (non-hydrogen) atoms. The van der Waals surface area contributed by atoms with Crippen molar-refractivity contribution in [3.05, 3.63) is 52.7 Å². The maximum absolute atomic E-state index is 12.1. The summed E-state index contributed by atoms with van der Waals surface area (Å²) < 4.78 is 5.24. The van der Waals surface area contributed by atoms with Crippen molar-refractivity contribution < 1.29 is 14.5 Å². The lowest BCUT2D eigenvalue weighted by Gasteiger charge is -2.22. The molecule has 1 aliphatic heterocycles. The number of carbonyl (C=O) groups is 1. The van der Waals surface area contributed by atoms with Gasteiger partial charge in [0.25, 0.3) is 5.91 Å². The molecule has 0 spiro atoms. The standard InChI is InChI=1S/C19H22N4O4/c24-18(14-27-17-6-5-11-20-19(17)23(25)26)21-15-7-9-16(10-8-15)22-12-3-1-2-4-13-22/h5-11H,1-4,12-14H2,(H,21,24). The Morgan fingerprint density at radius 2 is 1.85 bits per heavy atom. The molecule has 1 aromatic heterocycles. The molecule has 0 aliphatic carbocycles. The number of hydrogen-bond donors (Lipinski definition) is 1. The number of amides is 1. The normalized spacial score (nSPS) is 14.3. The van der Waals surface area contributed by atoms with E-state index in [0.717, 1.165) is 18.8 Å². The summed E-state index contributed by atoms with van der Waals surface area (Å²) in [6, 6.07) is 10.6. The fourth-order valence-electron chi connectivity index (χ4n) is 3.06. The fraction of sp³-hybridized carbons (Fsp3) is 0.368. The van der Waals surface area contributed by atoms with E-state index in [0.29, 0.717) is 5.69 Å². The van der Waals surface area contributed by atoms with Gasteiger partial charge in [-0.2, -0.15) is 0 Å². The molecule has 1 amide bonds. The number of nitrogens with one attached hydrogen (secondary N) is 1. The molecule has 0 unspecified atom stereocenters. The monoisotopic (exact) mass is 370 g/mol. The predicted octanol–water partition coefficient (Wildman–Crippen LogP) is 3.39. The summed E-state index contributed by atoms with van der Waals surface area (Å²) in [5.41, 5.74) is 1.81. The zero-order valence-electron chi connectivity index (χ0n) is 15.0. The summed E-state index contributed by atoms with van der Waals surface area (Å²) in [4.78, 5) is 28.3. The number of ether oxygens (including phenoxy) is 1. The van der Waals surface area contributed by atoms with E-state index in [2.05, 4.69) is 15.2 Å². The largest absolute Gasteiger partial charge is 0.476 e. The van der Waals surface area contributed by atoms with Crippen LogP contribution >= 0.6 is 0 Å². The van der Waals surface area contributed by atoms with Gasteiger partial charge < -0.3 is 25.1 Å². The van der Waals surface area contributed by atoms with Crippen molar-refractivity contribution in [1.82, 2.24) is 4.98 Å². The molecule has 1 N–H and O–H groups in total. The summed E-state index contributed by atoms with van der Waals surface area (Å²) in [7, 11) is 0. The van der Waals surface area contributed by atoms with Crippen LogP contribution < -0.4 is 15.0 Å². The van der Waals surface area contributed by atoms with Crippen LogP contribution in [-0.4, -0.2) is 35.5 Å². The van der Waals surface area contributed by atoms with E-state index in [1.54, 1.807) is 0 Å². The van der Waals surface area contributed by atoms with Gasteiger partial charge in [0.1, 0.15) is 6.20 Å². The van der Waals surface area contributed by atoms with Crippen LogP contribution in [0.3, 0.4) is 0 Å². The van der Waals surface area contributed by atoms with Crippen LogP contribution in [0.1, 0.15) is 25.7 Å². The van der Waals surface area contributed by atoms with Crippen LogP contribution in [-0.2, 0) is 4.79 Å². The fourth-order valence-corrected chi connectivity index (χ4v) is 3.06. The zero-order valence-corrected chi connectivity index (χ0v) is 15.0. The van der Waals surface area contributed by atoms with Crippen LogP contribution in [0.25, 0.3) is 0 Å². The molecule has 0 saturated carbocycles. The summed E-state index contributed by atoms with van der Waals surface area (Å²) in [6.07, 6.45) is 6.27. The third kappa shape index (κ3) is 5.16. The van der Waals surface area contributed by atoms with Gasteiger partial charge in [-0.1, -0.05) is 12.8 Å². The number of nitrogens with zero attached hydrogens (tertiary/aromatic N) is 3. The Labute approximate surface area is 157 Å². The molecule has 2 aromatic rings. The van der Waals surface area contributed by atoms with Crippen molar-refractivity contribution in [3.8, 4) is 5.75 Å². The molecule has 142 valence electrons. The van der Waals surface area contributed by atoms with Gasteiger partial charge in [0, 0.05) is 24.5 Å². The van der Waals surface area contributed by atoms with Gasteiger partial charge in [0.15, 0.2) is 6.61 Å². The lowest BCUT2D eigenvalue weighted by Crippen LogP contribution is -2.24. The Kier molecular flexibility index (Phi) is 6.19. The molecule has 8 heteroatoms. The number of pyridine rings is 1.